The number of hydrogen-bond donors (Lipinski definition) is 0. The molecule has 0 spiro atoms. The van der Waals surface area contributed by atoms with Crippen molar-refractivity contribution in [1.82, 2.24) is 14.9 Å². The molecule has 8 heteroatoms. The Morgan fingerprint density at radius 1 is 0.970 bits per heavy atom. The molecule has 7 nitrogen and oxygen atoms in total. The fraction of sp³-hybridized carbons (Fsp3) is 0.360. The maximum Gasteiger partial charge on any atom is 0.360 e. The van der Waals surface area contributed by atoms with E-state index >= 15 is 0 Å². The molecule has 2 heterocycles. The van der Waals surface area contributed by atoms with Crippen LogP contribution in [-0.4, -0.2) is 59.5 Å². The van der Waals surface area contributed by atoms with Gasteiger partial charge in [0.2, 0.25) is 5.91 Å². The van der Waals surface area contributed by atoms with E-state index in [-0.39, 0.29) is 30.4 Å². The number of hydrogen-bond acceptors (Lipinski definition) is 6. The van der Waals surface area contributed by atoms with Crippen molar-refractivity contribution in [1.29, 1.82) is 0 Å². The predicted molar refractivity (Wildman–Crippen MR) is 124 cm³/mol. The molecule has 1 amide bonds. The molecular weight excluding hydrogens is 423 g/mol. The van der Waals surface area contributed by atoms with Crippen LogP contribution < -0.4 is 4.90 Å². The summed E-state index contributed by atoms with van der Waals surface area (Å²) < 4.78 is 18.4. The highest BCUT2D eigenvalue weighted by Crippen LogP contribution is 2.25. The van der Waals surface area contributed by atoms with Gasteiger partial charge in [-0.1, -0.05) is 12.1 Å². The highest BCUT2D eigenvalue weighted by atomic mass is 19.1. The summed E-state index contributed by atoms with van der Waals surface area (Å²) >= 11 is 0. The number of fused-ring (bicyclic) bond motifs is 1. The molecule has 4 rings (SSSR count). The van der Waals surface area contributed by atoms with Crippen molar-refractivity contribution in [3.63, 3.8) is 0 Å². The highest BCUT2D eigenvalue weighted by Gasteiger charge is 2.27. The molecule has 3 aromatic rings. The Balaban J connectivity index is 1.54. The van der Waals surface area contributed by atoms with Gasteiger partial charge in [0.25, 0.3) is 0 Å². The number of benzene rings is 2. The van der Waals surface area contributed by atoms with Crippen LogP contribution in [0.15, 0.2) is 36.4 Å². The molecule has 0 radical (unpaired) electrons. The van der Waals surface area contributed by atoms with E-state index in [9.17, 15) is 14.0 Å². The molecule has 0 atom stereocenters. The monoisotopic (exact) mass is 450 g/mol. The largest absolute Gasteiger partial charge is 0.461 e. The number of nitrogens with zero attached hydrogens (tertiary/aromatic N) is 4. The van der Waals surface area contributed by atoms with Crippen LogP contribution in [0.5, 0.6) is 0 Å². The summed E-state index contributed by atoms with van der Waals surface area (Å²) in [5, 5.41) is 0. The lowest BCUT2D eigenvalue weighted by Gasteiger charge is -2.36. The minimum absolute atomic E-state index is 0.0115. The zero-order chi connectivity index (χ0) is 23.5. The summed E-state index contributed by atoms with van der Waals surface area (Å²) in [5.74, 6) is -0.355. The van der Waals surface area contributed by atoms with Gasteiger partial charge in [0.15, 0.2) is 11.5 Å². The van der Waals surface area contributed by atoms with E-state index in [0.717, 1.165) is 22.2 Å². The number of ether oxygens (including phenoxy) is 1. The summed E-state index contributed by atoms with van der Waals surface area (Å²) in [5.41, 5.74) is 4.52. The first-order valence-corrected chi connectivity index (χ1v) is 11.1. The quantitative estimate of drug-likeness (QED) is 0.555. The van der Waals surface area contributed by atoms with Gasteiger partial charge >= 0.3 is 5.97 Å². The summed E-state index contributed by atoms with van der Waals surface area (Å²) in [6.45, 7) is 8.04. The normalized spacial score (nSPS) is 13.9. The van der Waals surface area contributed by atoms with E-state index in [2.05, 4.69) is 4.98 Å². The average molecular weight is 451 g/mol. The lowest BCUT2D eigenvalue weighted by atomic mass is 10.1. The maximum atomic E-state index is 13.1. The molecule has 33 heavy (non-hydrogen) atoms. The molecule has 2 aromatic carbocycles. The van der Waals surface area contributed by atoms with Crippen molar-refractivity contribution in [2.45, 2.75) is 27.2 Å². The van der Waals surface area contributed by atoms with Gasteiger partial charge in [-0.05, 0) is 61.7 Å². The minimum Gasteiger partial charge on any atom is -0.461 e. The number of halogens is 1. The predicted octanol–water partition coefficient (Wildman–Crippen LogP) is 3.45. The number of piperazine rings is 1. The number of amides is 1. The number of aromatic nitrogens is 2. The van der Waals surface area contributed by atoms with Crippen molar-refractivity contribution in [2.75, 3.05) is 37.7 Å². The standard InChI is InChI=1S/C25H27FN4O3/c1-4-33-25(32)23-24(28-21-14-17(3)16(2)13-20(21)27-23)30-11-9-29(10-12-30)22(31)15-18-5-7-19(26)8-6-18/h5-8,13-14H,4,9-12,15H2,1-3H3. The Bertz CT molecular complexity index is 1190. The van der Waals surface area contributed by atoms with E-state index in [1.807, 2.05) is 30.9 Å². The number of esters is 1. The molecule has 1 aliphatic rings. The zero-order valence-electron chi connectivity index (χ0n) is 19.1. The van der Waals surface area contributed by atoms with Crippen LogP contribution in [0.1, 0.15) is 34.1 Å². The van der Waals surface area contributed by atoms with Crippen molar-refractivity contribution < 1.29 is 18.7 Å². The van der Waals surface area contributed by atoms with Crippen LogP contribution in [-0.2, 0) is 16.0 Å². The fourth-order valence-electron chi connectivity index (χ4n) is 3.92. The van der Waals surface area contributed by atoms with Gasteiger partial charge in [0.05, 0.1) is 24.1 Å². The fourth-order valence-corrected chi connectivity index (χ4v) is 3.92. The number of aryl methyl sites for hydroxylation is 2. The van der Waals surface area contributed by atoms with Crippen LogP contribution in [0.25, 0.3) is 11.0 Å². The number of anilines is 1. The number of rotatable bonds is 5. The van der Waals surface area contributed by atoms with Crippen LogP contribution in [0.4, 0.5) is 10.2 Å². The number of carbonyl (C=O) groups excluding carboxylic acids is 2. The Labute approximate surface area is 192 Å². The van der Waals surface area contributed by atoms with Gasteiger partial charge in [-0.15, -0.1) is 0 Å². The average Bonchev–Trinajstić information content (AvgIpc) is 2.81. The van der Waals surface area contributed by atoms with Crippen molar-refractivity contribution in [3.05, 3.63) is 64.6 Å². The summed E-state index contributed by atoms with van der Waals surface area (Å²) in [7, 11) is 0. The molecule has 1 saturated heterocycles. The molecule has 0 saturated carbocycles. The second-order valence-electron chi connectivity index (χ2n) is 8.21. The molecule has 0 aliphatic carbocycles. The molecule has 172 valence electrons. The van der Waals surface area contributed by atoms with Gasteiger partial charge in [0, 0.05) is 26.2 Å². The maximum absolute atomic E-state index is 13.1. The topological polar surface area (TPSA) is 75.6 Å². The zero-order valence-corrected chi connectivity index (χ0v) is 19.1. The van der Waals surface area contributed by atoms with Gasteiger partial charge in [-0.25, -0.2) is 19.2 Å². The lowest BCUT2D eigenvalue weighted by Crippen LogP contribution is -2.50. The lowest BCUT2D eigenvalue weighted by molar-refractivity contribution is -0.130. The Hall–Kier alpha value is -3.55. The van der Waals surface area contributed by atoms with Crippen molar-refractivity contribution in [2.24, 2.45) is 0 Å². The van der Waals surface area contributed by atoms with Crippen LogP contribution >= 0.6 is 0 Å². The second kappa shape index (κ2) is 9.52. The SMILES string of the molecule is CCOC(=O)c1nc2cc(C)c(C)cc2nc1N1CCN(C(=O)Cc2ccc(F)cc2)CC1. The molecule has 1 fully saturated rings. The van der Waals surface area contributed by atoms with Gasteiger partial charge in [0.1, 0.15) is 5.82 Å². The molecule has 1 aromatic heterocycles. The van der Waals surface area contributed by atoms with Crippen LogP contribution in [0, 0.1) is 19.7 Å². The van der Waals surface area contributed by atoms with Crippen molar-refractivity contribution in [3.8, 4) is 0 Å². The van der Waals surface area contributed by atoms with E-state index in [1.165, 1.54) is 12.1 Å². The van der Waals surface area contributed by atoms with Crippen LogP contribution in [0.3, 0.4) is 0 Å². The van der Waals surface area contributed by atoms with E-state index in [1.54, 1.807) is 24.0 Å². The molecule has 1 aliphatic heterocycles. The Morgan fingerprint density at radius 2 is 1.58 bits per heavy atom. The van der Waals surface area contributed by atoms with Gasteiger partial charge in [-0.2, -0.15) is 0 Å². The smallest absolute Gasteiger partial charge is 0.360 e. The molecule has 0 unspecified atom stereocenters. The third-order valence-electron chi connectivity index (χ3n) is 5.93. The summed E-state index contributed by atoms with van der Waals surface area (Å²) in [6, 6.07) is 9.87. The summed E-state index contributed by atoms with van der Waals surface area (Å²) in [4.78, 5) is 38.5. The first kappa shape index (κ1) is 22.6. The molecule has 0 bridgehead atoms. The first-order valence-electron chi connectivity index (χ1n) is 11.1. The van der Waals surface area contributed by atoms with Crippen LogP contribution in [0.2, 0.25) is 0 Å². The second-order valence-corrected chi connectivity index (χ2v) is 8.21. The van der Waals surface area contributed by atoms with E-state index in [4.69, 9.17) is 9.72 Å². The minimum atomic E-state index is -0.505. The van der Waals surface area contributed by atoms with E-state index < -0.39 is 5.97 Å². The molecular formula is C25H27FN4O3. The summed E-state index contributed by atoms with van der Waals surface area (Å²) in [6.07, 6.45) is 0.225. The highest BCUT2D eigenvalue weighted by molar-refractivity contribution is 5.95. The Kier molecular flexibility index (Phi) is 6.53. The Morgan fingerprint density at radius 3 is 2.18 bits per heavy atom. The number of carbonyl (C=O) groups is 2. The van der Waals surface area contributed by atoms with Crippen molar-refractivity contribution >= 4 is 28.7 Å². The third kappa shape index (κ3) is 4.94. The van der Waals surface area contributed by atoms with Gasteiger partial charge < -0.3 is 14.5 Å². The third-order valence-corrected chi connectivity index (χ3v) is 5.93. The first-order chi connectivity index (χ1) is 15.9. The molecule has 0 N–H and O–H groups in total. The van der Waals surface area contributed by atoms with Gasteiger partial charge in [-0.3, -0.25) is 4.79 Å². The van der Waals surface area contributed by atoms with E-state index in [0.29, 0.717) is 37.5 Å².